The summed E-state index contributed by atoms with van der Waals surface area (Å²) >= 11 is 12.1. The number of rotatable bonds is 4. The SMILES string of the molecule is CC1CN(S(=O)(=O)NCc2cccc(Cl)c2)Cc2[nH]c3ccc(Cl)cc3c21.O=C=O. The fourth-order valence-corrected chi connectivity index (χ4v) is 5.30. The van der Waals surface area contributed by atoms with Crippen molar-refractivity contribution in [3.63, 3.8) is 0 Å². The van der Waals surface area contributed by atoms with Gasteiger partial charge in [0.25, 0.3) is 10.2 Å². The molecule has 2 heterocycles. The number of benzene rings is 2. The van der Waals surface area contributed by atoms with E-state index >= 15 is 0 Å². The van der Waals surface area contributed by atoms with Crippen LogP contribution >= 0.6 is 23.2 Å². The first-order valence-corrected chi connectivity index (χ1v) is 11.2. The van der Waals surface area contributed by atoms with E-state index in [0.29, 0.717) is 23.1 Å². The lowest BCUT2D eigenvalue weighted by atomic mass is 9.95. The van der Waals surface area contributed by atoms with Gasteiger partial charge in [-0.1, -0.05) is 42.3 Å². The van der Waals surface area contributed by atoms with Gasteiger partial charge in [-0.25, -0.2) is 0 Å². The summed E-state index contributed by atoms with van der Waals surface area (Å²) in [7, 11) is -3.62. The predicted molar refractivity (Wildman–Crippen MR) is 114 cm³/mol. The molecule has 2 N–H and O–H groups in total. The monoisotopic (exact) mass is 467 g/mol. The molecule has 1 atom stereocenters. The minimum absolute atomic E-state index is 0.0590. The smallest absolute Gasteiger partial charge is 0.357 e. The van der Waals surface area contributed by atoms with Gasteiger partial charge in [0.15, 0.2) is 0 Å². The molecule has 1 unspecified atom stereocenters. The minimum atomic E-state index is -3.62. The van der Waals surface area contributed by atoms with Gasteiger partial charge in [0, 0.05) is 39.7 Å². The van der Waals surface area contributed by atoms with Crippen molar-refractivity contribution in [3.05, 3.63) is 69.3 Å². The molecular weight excluding hydrogens is 449 g/mol. The Morgan fingerprint density at radius 1 is 1.17 bits per heavy atom. The van der Waals surface area contributed by atoms with Gasteiger partial charge in [0.1, 0.15) is 0 Å². The van der Waals surface area contributed by atoms with Gasteiger partial charge in [-0.05, 0) is 47.4 Å². The molecule has 7 nitrogen and oxygen atoms in total. The summed E-state index contributed by atoms with van der Waals surface area (Å²) < 4.78 is 29.8. The fourth-order valence-electron chi connectivity index (χ4n) is 3.66. The van der Waals surface area contributed by atoms with Crippen LogP contribution in [-0.2, 0) is 32.9 Å². The number of fused-ring (bicyclic) bond motifs is 3. The molecule has 2 aromatic carbocycles. The van der Waals surface area contributed by atoms with Crippen LogP contribution in [0.25, 0.3) is 10.9 Å². The number of nitrogens with one attached hydrogen (secondary N) is 2. The van der Waals surface area contributed by atoms with Gasteiger partial charge >= 0.3 is 6.15 Å². The number of halogens is 2. The lowest BCUT2D eigenvalue weighted by molar-refractivity contribution is -0.191. The van der Waals surface area contributed by atoms with Crippen molar-refractivity contribution in [3.8, 4) is 0 Å². The van der Waals surface area contributed by atoms with Gasteiger partial charge < -0.3 is 4.98 Å². The van der Waals surface area contributed by atoms with E-state index in [9.17, 15) is 8.42 Å². The van der Waals surface area contributed by atoms with Gasteiger partial charge in [-0.2, -0.15) is 27.0 Å². The van der Waals surface area contributed by atoms with Crippen LogP contribution in [0.5, 0.6) is 0 Å². The Labute approximate surface area is 184 Å². The van der Waals surface area contributed by atoms with E-state index in [-0.39, 0.29) is 18.6 Å². The van der Waals surface area contributed by atoms with E-state index in [4.69, 9.17) is 32.8 Å². The number of aromatic nitrogens is 1. The first-order valence-electron chi connectivity index (χ1n) is 9.03. The predicted octanol–water partition coefficient (Wildman–Crippen LogP) is 3.84. The van der Waals surface area contributed by atoms with Crippen LogP contribution in [-0.4, -0.2) is 30.4 Å². The van der Waals surface area contributed by atoms with Gasteiger partial charge in [-0.3, -0.25) is 0 Å². The maximum Gasteiger partial charge on any atom is 0.373 e. The number of nitrogens with zero attached hydrogens (tertiary/aromatic N) is 1. The molecule has 0 amide bonds. The molecule has 0 saturated carbocycles. The van der Waals surface area contributed by atoms with Gasteiger partial charge in [0.05, 0.1) is 6.54 Å². The van der Waals surface area contributed by atoms with Crippen molar-refractivity contribution in [2.45, 2.75) is 25.9 Å². The van der Waals surface area contributed by atoms with E-state index in [1.165, 1.54) is 4.31 Å². The summed E-state index contributed by atoms with van der Waals surface area (Å²) in [5.41, 5.74) is 3.85. The molecule has 4 rings (SSSR count). The zero-order valence-electron chi connectivity index (χ0n) is 16.0. The molecule has 0 saturated heterocycles. The Morgan fingerprint density at radius 3 is 2.57 bits per heavy atom. The lowest BCUT2D eigenvalue weighted by Crippen LogP contribution is -2.44. The summed E-state index contributed by atoms with van der Waals surface area (Å²) in [5.74, 6) is 0.0590. The molecule has 1 aliphatic rings. The molecule has 0 radical (unpaired) electrons. The molecule has 0 fully saturated rings. The average molecular weight is 468 g/mol. The van der Waals surface area contributed by atoms with Crippen molar-refractivity contribution < 1.29 is 18.0 Å². The second-order valence-electron chi connectivity index (χ2n) is 6.94. The highest BCUT2D eigenvalue weighted by Gasteiger charge is 2.32. The van der Waals surface area contributed by atoms with Crippen LogP contribution in [0.15, 0.2) is 42.5 Å². The second-order valence-corrected chi connectivity index (χ2v) is 9.57. The van der Waals surface area contributed by atoms with Gasteiger partial charge in [0.2, 0.25) is 0 Å². The molecule has 30 heavy (non-hydrogen) atoms. The standard InChI is InChI=1S/C19H19Cl2N3O2S.CO2/c1-12-10-24(27(25,26)22-9-13-3-2-4-14(20)7-13)11-18-19(12)16-8-15(21)5-6-17(16)23-18;2-1-3/h2-8,12,22-23H,9-11H2,1H3;. The number of aromatic amines is 1. The quantitative estimate of drug-likeness (QED) is 0.608. The van der Waals surface area contributed by atoms with Crippen molar-refractivity contribution in [1.82, 2.24) is 14.0 Å². The number of hydrogen-bond donors (Lipinski definition) is 2. The maximum atomic E-state index is 12.8. The zero-order valence-corrected chi connectivity index (χ0v) is 18.3. The number of carbonyl (C=O) groups excluding carboxylic acids is 2. The van der Waals surface area contributed by atoms with E-state index in [0.717, 1.165) is 27.7 Å². The Morgan fingerprint density at radius 2 is 1.87 bits per heavy atom. The van der Waals surface area contributed by atoms with E-state index in [1.807, 2.05) is 31.2 Å². The van der Waals surface area contributed by atoms with Crippen LogP contribution in [0.4, 0.5) is 0 Å². The van der Waals surface area contributed by atoms with Crippen molar-refractivity contribution in [1.29, 1.82) is 0 Å². The third-order valence-electron chi connectivity index (χ3n) is 4.87. The van der Waals surface area contributed by atoms with Crippen molar-refractivity contribution in [2.75, 3.05) is 6.54 Å². The number of H-pyrrole nitrogens is 1. The Kier molecular flexibility index (Phi) is 6.98. The molecular formula is C20H19Cl2N3O4S. The van der Waals surface area contributed by atoms with Crippen LogP contribution in [0.3, 0.4) is 0 Å². The third kappa shape index (κ3) is 4.92. The third-order valence-corrected chi connectivity index (χ3v) is 6.81. The summed E-state index contributed by atoms with van der Waals surface area (Å²) in [4.78, 5) is 19.6. The van der Waals surface area contributed by atoms with Crippen molar-refractivity contribution in [2.24, 2.45) is 0 Å². The van der Waals surface area contributed by atoms with Crippen LogP contribution in [0.1, 0.15) is 29.7 Å². The molecule has 0 bridgehead atoms. The highest BCUT2D eigenvalue weighted by Crippen LogP contribution is 2.36. The van der Waals surface area contributed by atoms with E-state index in [2.05, 4.69) is 9.71 Å². The highest BCUT2D eigenvalue weighted by molar-refractivity contribution is 7.87. The summed E-state index contributed by atoms with van der Waals surface area (Å²) in [6, 6.07) is 12.8. The van der Waals surface area contributed by atoms with Crippen LogP contribution < -0.4 is 4.72 Å². The molecule has 10 heteroatoms. The molecule has 0 spiro atoms. The molecule has 3 aromatic rings. The highest BCUT2D eigenvalue weighted by atomic mass is 35.5. The first kappa shape index (κ1) is 22.5. The Balaban J connectivity index is 0.000000806. The molecule has 158 valence electrons. The van der Waals surface area contributed by atoms with Crippen LogP contribution in [0.2, 0.25) is 10.0 Å². The summed E-state index contributed by atoms with van der Waals surface area (Å²) in [6.07, 6.45) is 0.250. The summed E-state index contributed by atoms with van der Waals surface area (Å²) in [6.45, 7) is 2.95. The minimum Gasteiger partial charge on any atom is -0.357 e. The van der Waals surface area contributed by atoms with Crippen LogP contribution in [0, 0.1) is 0 Å². The molecule has 0 aliphatic carbocycles. The normalized spacial score (nSPS) is 16.4. The topological polar surface area (TPSA) is 99.3 Å². The lowest BCUT2D eigenvalue weighted by Gasteiger charge is -2.30. The van der Waals surface area contributed by atoms with Crippen molar-refractivity contribution >= 4 is 50.5 Å². The molecule has 1 aromatic heterocycles. The Hall–Kier alpha value is -2.19. The number of hydrogen-bond acceptors (Lipinski definition) is 4. The molecule has 1 aliphatic heterocycles. The van der Waals surface area contributed by atoms with E-state index < -0.39 is 10.2 Å². The van der Waals surface area contributed by atoms with Gasteiger partial charge in [-0.15, -0.1) is 0 Å². The second kappa shape index (κ2) is 9.31. The maximum absolute atomic E-state index is 12.8. The fraction of sp³-hybridized carbons (Fsp3) is 0.250. The first-order chi connectivity index (χ1) is 14.2. The zero-order chi connectivity index (χ0) is 21.9. The summed E-state index contributed by atoms with van der Waals surface area (Å²) in [5, 5.41) is 2.32. The Bertz CT molecular complexity index is 1200. The largest absolute Gasteiger partial charge is 0.373 e. The average Bonchev–Trinajstić information content (AvgIpc) is 3.05. The van der Waals surface area contributed by atoms with E-state index in [1.54, 1.807) is 18.2 Å².